The quantitative estimate of drug-likeness (QED) is 0.481. The highest BCUT2D eigenvalue weighted by Gasteiger charge is 2.38. The van der Waals surface area contributed by atoms with Gasteiger partial charge in [-0.15, -0.1) is 0 Å². The van der Waals surface area contributed by atoms with Gasteiger partial charge in [-0.3, -0.25) is 14.4 Å². The fraction of sp³-hybridized carbons (Fsp3) is 0.0417. The van der Waals surface area contributed by atoms with Crippen LogP contribution in [0.25, 0.3) is 0 Å². The SMILES string of the molecule is COc1ccc(Cl)cc1NC(=O)c1ccc(NC2=C(Cl)C(=O)N(c3ccccc3)C2=O)cc1. The van der Waals surface area contributed by atoms with Crippen molar-refractivity contribution < 1.29 is 19.1 Å². The molecule has 0 saturated heterocycles. The molecule has 0 spiro atoms. The van der Waals surface area contributed by atoms with Crippen molar-refractivity contribution in [3.63, 3.8) is 0 Å². The molecule has 0 radical (unpaired) electrons. The Kier molecular flexibility index (Phi) is 6.35. The van der Waals surface area contributed by atoms with E-state index in [0.717, 1.165) is 4.90 Å². The zero-order chi connectivity index (χ0) is 23.5. The maximum Gasteiger partial charge on any atom is 0.283 e. The minimum absolute atomic E-state index is 0.0358. The number of hydrogen-bond acceptors (Lipinski definition) is 5. The molecule has 3 amide bonds. The van der Waals surface area contributed by atoms with Gasteiger partial charge in [-0.25, -0.2) is 4.90 Å². The van der Waals surface area contributed by atoms with Gasteiger partial charge in [0.1, 0.15) is 16.5 Å². The summed E-state index contributed by atoms with van der Waals surface area (Å²) in [6, 6.07) is 19.7. The van der Waals surface area contributed by atoms with Crippen LogP contribution in [0.5, 0.6) is 5.75 Å². The number of benzene rings is 3. The molecule has 1 heterocycles. The molecule has 1 aliphatic heterocycles. The van der Waals surface area contributed by atoms with Gasteiger partial charge in [-0.2, -0.15) is 0 Å². The molecule has 0 fully saturated rings. The minimum atomic E-state index is -0.609. The van der Waals surface area contributed by atoms with Gasteiger partial charge in [0.15, 0.2) is 0 Å². The van der Waals surface area contributed by atoms with Crippen LogP contribution in [-0.4, -0.2) is 24.8 Å². The molecule has 1 aliphatic rings. The molecular formula is C24H17Cl2N3O4. The second kappa shape index (κ2) is 9.36. The number of hydrogen-bond donors (Lipinski definition) is 2. The normalized spacial score (nSPS) is 13.4. The minimum Gasteiger partial charge on any atom is -0.495 e. The summed E-state index contributed by atoms with van der Waals surface area (Å²) in [6.45, 7) is 0. The number of methoxy groups -OCH3 is 1. The number of ether oxygens (including phenoxy) is 1. The van der Waals surface area contributed by atoms with E-state index in [1.165, 1.54) is 7.11 Å². The van der Waals surface area contributed by atoms with Crippen LogP contribution < -0.4 is 20.3 Å². The molecule has 0 aromatic heterocycles. The Bertz CT molecular complexity index is 1270. The molecule has 3 aromatic rings. The first-order chi connectivity index (χ1) is 15.9. The van der Waals surface area contributed by atoms with Crippen LogP contribution in [0.3, 0.4) is 0 Å². The summed E-state index contributed by atoms with van der Waals surface area (Å²) in [5.74, 6) is -1.07. The van der Waals surface area contributed by atoms with Gasteiger partial charge >= 0.3 is 0 Å². The molecule has 0 saturated carbocycles. The van der Waals surface area contributed by atoms with Crippen molar-refractivity contribution in [2.75, 3.05) is 22.6 Å². The maximum absolute atomic E-state index is 12.8. The van der Waals surface area contributed by atoms with Gasteiger partial charge in [0, 0.05) is 16.3 Å². The highest BCUT2D eigenvalue weighted by Crippen LogP contribution is 2.31. The standard InChI is InChI=1S/C24H17Cl2N3O4/c1-33-19-12-9-15(25)13-18(19)28-22(30)14-7-10-16(11-8-14)27-21-20(26)23(31)29(24(21)32)17-5-3-2-4-6-17/h2-13,27H,1H3,(H,28,30). The van der Waals surface area contributed by atoms with Crippen molar-refractivity contribution in [3.8, 4) is 5.75 Å². The number of para-hydroxylation sites is 1. The molecule has 9 heteroatoms. The number of nitrogens with one attached hydrogen (secondary N) is 2. The van der Waals surface area contributed by atoms with E-state index in [-0.39, 0.29) is 16.6 Å². The number of imide groups is 1. The Morgan fingerprint density at radius 1 is 0.909 bits per heavy atom. The van der Waals surface area contributed by atoms with Gasteiger partial charge < -0.3 is 15.4 Å². The number of halogens is 2. The van der Waals surface area contributed by atoms with Gasteiger partial charge in [0.05, 0.1) is 18.5 Å². The molecule has 3 aromatic carbocycles. The topological polar surface area (TPSA) is 87.7 Å². The molecule has 0 unspecified atom stereocenters. The van der Waals surface area contributed by atoms with Gasteiger partial charge in [0.25, 0.3) is 17.7 Å². The zero-order valence-electron chi connectivity index (χ0n) is 17.3. The van der Waals surface area contributed by atoms with Crippen LogP contribution in [0.2, 0.25) is 5.02 Å². The fourth-order valence-corrected chi connectivity index (χ4v) is 3.63. The van der Waals surface area contributed by atoms with E-state index in [1.807, 2.05) is 0 Å². The second-order valence-electron chi connectivity index (χ2n) is 6.97. The Morgan fingerprint density at radius 3 is 2.27 bits per heavy atom. The van der Waals surface area contributed by atoms with E-state index in [4.69, 9.17) is 27.9 Å². The number of anilines is 3. The van der Waals surface area contributed by atoms with Crippen LogP contribution >= 0.6 is 23.2 Å². The van der Waals surface area contributed by atoms with Crippen molar-refractivity contribution in [2.45, 2.75) is 0 Å². The smallest absolute Gasteiger partial charge is 0.283 e. The predicted octanol–water partition coefficient (Wildman–Crippen LogP) is 5.04. The van der Waals surface area contributed by atoms with Crippen molar-refractivity contribution in [1.29, 1.82) is 0 Å². The number of nitrogens with zero attached hydrogens (tertiary/aromatic N) is 1. The third kappa shape index (κ3) is 4.55. The number of carbonyl (C=O) groups is 3. The summed E-state index contributed by atoms with van der Waals surface area (Å²) in [5.41, 5.74) is 1.67. The van der Waals surface area contributed by atoms with Crippen molar-refractivity contribution in [3.05, 3.63) is 94.1 Å². The first-order valence-corrected chi connectivity index (χ1v) is 10.5. The number of carbonyl (C=O) groups excluding carboxylic acids is 3. The predicted molar refractivity (Wildman–Crippen MR) is 128 cm³/mol. The van der Waals surface area contributed by atoms with Gasteiger partial charge in [-0.1, -0.05) is 41.4 Å². The lowest BCUT2D eigenvalue weighted by Crippen LogP contribution is -2.32. The van der Waals surface area contributed by atoms with E-state index in [2.05, 4.69) is 10.6 Å². The van der Waals surface area contributed by atoms with Gasteiger partial charge in [-0.05, 0) is 54.6 Å². The molecule has 0 bridgehead atoms. The van der Waals surface area contributed by atoms with Crippen molar-refractivity contribution >= 4 is 58.0 Å². The third-order valence-corrected chi connectivity index (χ3v) is 5.45. The van der Waals surface area contributed by atoms with E-state index in [1.54, 1.807) is 72.8 Å². The third-order valence-electron chi connectivity index (χ3n) is 4.87. The van der Waals surface area contributed by atoms with E-state index in [9.17, 15) is 14.4 Å². The Hall–Kier alpha value is -3.81. The summed E-state index contributed by atoms with van der Waals surface area (Å²) in [5, 5.41) is 5.87. The van der Waals surface area contributed by atoms with Crippen molar-refractivity contribution in [2.24, 2.45) is 0 Å². The van der Waals surface area contributed by atoms with E-state index in [0.29, 0.717) is 33.4 Å². The lowest BCUT2D eigenvalue weighted by Gasteiger charge is -2.15. The number of amides is 3. The number of rotatable bonds is 6. The average molecular weight is 482 g/mol. The summed E-state index contributed by atoms with van der Waals surface area (Å²) in [6.07, 6.45) is 0. The van der Waals surface area contributed by atoms with Crippen LogP contribution in [0.1, 0.15) is 10.4 Å². The van der Waals surface area contributed by atoms with Crippen LogP contribution in [0, 0.1) is 0 Å². The summed E-state index contributed by atoms with van der Waals surface area (Å²) >= 11 is 12.2. The van der Waals surface area contributed by atoms with Gasteiger partial charge in [0.2, 0.25) is 0 Å². The van der Waals surface area contributed by atoms with E-state index >= 15 is 0 Å². The highest BCUT2D eigenvalue weighted by atomic mass is 35.5. The van der Waals surface area contributed by atoms with Crippen molar-refractivity contribution in [1.82, 2.24) is 0 Å². The molecular weight excluding hydrogens is 465 g/mol. The summed E-state index contributed by atoms with van der Waals surface area (Å²) in [7, 11) is 1.49. The zero-order valence-corrected chi connectivity index (χ0v) is 18.8. The maximum atomic E-state index is 12.8. The first kappa shape index (κ1) is 22.4. The molecule has 166 valence electrons. The molecule has 0 atom stereocenters. The average Bonchev–Trinajstić information content (AvgIpc) is 3.03. The molecule has 7 nitrogen and oxygen atoms in total. The Labute approximate surface area is 199 Å². The fourth-order valence-electron chi connectivity index (χ4n) is 3.24. The van der Waals surface area contributed by atoms with Crippen LogP contribution in [0.15, 0.2) is 83.5 Å². The lowest BCUT2D eigenvalue weighted by molar-refractivity contribution is -0.120. The Balaban J connectivity index is 1.49. The Morgan fingerprint density at radius 2 is 1.61 bits per heavy atom. The largest absolute Gasteiger partial charge is 0.495 e. The monoisotopic (exact) mass is 481 g/mol. The van der Waals surface area contributed by atoms with E-state index < -0.39 is 11.8 Å². The summed E-state index contributed by atoms with van der Waals surface area (Å²) in [4.78, 5) is 39.0. The molecule has 33 heavy (non-hydrogen) atoms. The highest BCUT2D eigenvalue weighted by molar-refractivity contribution is 6.53. The first-order valence-electron chi connectivity index (χ1n) is 9.74. The van der Waals surface area contributed by atoms with Crippen LogP contribution in [0.4, 0.5) is 17.1 Å². The molecule has 4 rings (SSSR count). The molecule has 0 aliphatic carbocycles. The lowest BCUT2D eigenvalue weighted by atomic mass is 10.1. The van der Waals surface area contributed by atoms with Crippen LogP contribution in [-0.2, 0) is 9.59 Å². The molecule has 2 N–H and O–H groups in total. The summed E-state index contributed by atoms with van der Waals surface area (Å²) < 4.78 is 5.24. The second-order valence-corrected chi connectivity index (χ2v) is 7.79.